The van der Waals surface area contributed by atoms with Crippen molar-refractivity contribution in [3.63, 3.8) is 0 Å². The van der Waals surface area contributed by atoms with Crippen LogP contribution in [-0.2, 0) is 13.0 Å². The summed E-state index contributed by atoms with van der Waals surface area (Å²) < 4.78 is 2.27. The van der Waals surface area contributed by atoms with E-state index in [4.69, 9.17) is 0 Å². The molecule has 2 aliphatic heterocycles. The molecule has 0 aromatic carbocycles. The highest BCUT2D eigenvalue weighted by atomic mass is 15.3. The van der Waals surface area contributed by atoms with Gasteiger partial charge < -0.3 is 10.6 Å². The van der Waals surface area contributed by atoms with Crippen LogP contribution in [0, 0.1) is 0 Å². The summed E-state index contributed by atoms with van der Waals surface area (Å²) in [5.74, 6) is 0. The highest BCUT2D eigenvalue weighted by molar-refractivity contribution is 5.21. The second-order valence-corrected chi connectivity index (χ2v) is 4.49. The number of hydrogen-bond donors (Lipinski definition) is 2. The zero-order valence-corrected chi connectivity index (χ0v) is 9.00. The lowest BCUT2D eigenvalue weighted by Crippen LogP contribution is -2.34. The van der Waals surface area contributed by atoms with Gasteiger partial charge in [0.25, 0.3) is 0 Å². The average molecular weight is 206 g/mol. The first-order valence-electron chi connectivity index (χ1n) is 5.92. The molecule has 2 aliphatic rings. The van der Waals surface area contributed by atoms with Crippen molar-refractivity contribution < 1.29 is 0 Å². The van der Waals surface area contributed by atoms with Crippen molar-refractivity contribution in [3.8, 4) is 0 Å². The van der Waals surface area contributed by atoms with Crippen LogP contribution in [0.2, 0.25) is 0 Å². The second-order valence-electron chi connectivity index (χ2n) is 4.49. The van der Waals surface area contributed by atoms with E-state index in [1.165, 1.54) is 30.6 Å². The highest BCUT2D eigenvalue weighted by Gasteiger charge is 2.21. The Labute approximate surface area is 90.0 Å². The molecule has 1 unspecified atom stereocenters. The molecule has 0 aliphatic carbocycles. The first-order valence-corrected chi connectivity index (χ1v) is 5.92. The van der Waals surface area contributed by atoms with E-state index in [-0.39, 0.29) is 0 Å². The Morgan fingerprint density at radius 3 is 3.20 bits per heavy atom. The van der Waals surface area contributed by atoms with Crippen LogP contribution >= 0.6 is 0 Å². The quantitative estimate of drug-likeness (QED) is 0.701. The maximum Gasteiger partial charge on any atom is 0.0647 e. The third-order valence-electron chi connectivity index (χ3n) is 3.46. The molecule has 4 heteroatoms. The van der Waals surface area contributed by atoms with Crippen LogP contribution in [-0.4, -0.2) is 29.4 Å². The lowest BCUT2D eigenvalue weighted by Gasteiger charge is -2.26. The average Bonchev–Trinajstić information content (AvgIpc) is 2.74. The van der Waals surface area contributed by atoms with Crippen LogP contribution in [0.4, 0.5) is 0 Å². The summed E-state index contributed by atoms with van der Waals surface area (Å²) in [5, 5.41) is 11.4. The van der Waals surface area contributed by atoms with E-state index in [9.17, 15) is 0 Å². The fourth-order valence-electron chi connectivity index (χ4n) is 2.63. The molecular weight excluding hydrogens is 188 g/mol. The molecule has 1 saturated heterocycles. The Morgan fingerprint density at radius 2 is 2.33 bits per heavy atom. The van der Waals surface area contributed by atoms with Gasteiger partial charge >= 0.3 is 0 Å². The molecule has 15 heavy (non-hydrogen) atoms. The Kier molecular flexibility index (Phi) is 2.46. The van der Waals surface area contributed by atoms with Crippen molar-refractivity contribution in [2.24, 2.45) is 0 Å². The number of nitrogens with zero attached hydrogens (tertiary/aromatic N) is 2. The van der Waals surface area contributed by atoms with Gasteiger partial charge in [-0.2, -0.15) is 5.10 Å². The Morgan fingerprint density at radius 1 is 1.33 bits per heavy atom. The summed E-state index contributed by atoms with van der Waals surface area (Å²) in [7, 11) is 0. The van der Waals surface area contributed by atoms with E-state index in [2.05, 4.69) is 20.4 Å². The molecule has 0 saturated carbocycles. The van der Waals surface area contributed by atoms with Gasteiger partial charge in [-0.1, -0.05) is 0 Å². The largest absolute Gasteiger partial charge is 0.315 e. The maximum atomic E-state index is 4.56. The molecule has 1 aromatic heterocycles. The molecule has 0 amide bonds. The summed E-state index contributed by atoms with van der Waals surface area (Å²) in [6.07, 6.45) is 5.72. The van der Waals surface area contributed by atoms with E-state index >= 15 is 0 Å². The molecule has 3 heterocycles. The summed E-state index contributed by atoms with van der Waals surface area (Å²) in [5.41, 5.74) is 2.86. The van der Waals surface area contributed by atoms with Crippen molar-refractivity contribution in [1.29, 1.82) is 0 Å². The first-order chi connectivity index (χ1) is 7.45. The Bertz CT molecular complexity index is 338. The standard InChI is InChI=1S/C11H18N4/c1-2-10(8-12-4-1)15-11-3-5-13-6-9(11)7-14-15/h7,10,12-13H,1-6,8H2. The second kappa shape index (κ2) is 3.94. The third kappa shape index (κ3) is 1.68. The zero-order valence-electron chi connectivity index (χ0n) is 9.00. The van der Waals surface area contributed by atoms with Gasteiger partial charge in [0.15, 0.2) is 0 Å². The van der Waals surface area contributed by atoms with Crippen LogP contribution in [0.1, 0.15) is 30.1 Å². The smallest absolute Gasteiger partial charge is 0.0647 e. The van der Waals surface area contributed by atoms with Crippen LogP contribution in [0.15, 0.2) is 6.20 Å². The molecule has 1 atom stereocenters. The SMILES string of the molecule is c1nn(C2CCCNC2)c2c1CNCC2. The van der Waals surface area contributed by atoms with Crippen LogP contribution in [0.3, 0.4) is 0 Å². The van der Waals surface area contributed by atoms with Crippen molar-refractivity contribution in [1.82, 2.24) is 20.4 Å². The molecule has 1 fully saturated rings. The Balaban J connectivity index is 1.87. The number of rotatable bonds is 1. The molecule has 2 N–H and O–H groups in total. The summed E-state index contributed by atoms with van der Waals surface area (Å²) in [6.45, 7) is 4.34. The fraction of sp³-hybridized carbons (Fsp3) is 0.727. The van der Waals surface area contributed by atoms with Gasteiger partial charge in [0.1, 0.15) is 0 Å². The molecule has 0 bridgehead atoms. The molecular formula is C11H18N4. The number of aromatic nitrogens is 2. The normalized spacial score (nSPS) is 26.3. The number of nitrogens with one attached hydrogen (secondary N) is 2. The number of fused-ring (bicyclic) bond motifs is 1. The van der Waals surface area contributed by atoms with Crippen molar-refractivity contribution >= 4 is 0 Å². The fourth-order valence-corrected chi connectivity index (χ4v) is 2.63. The molecule has 3 rings (SSSR count). The van der Waals surface area contributed by atoms with Gasteiger partial charge in [0.05, 0.1) is 12.2 Å². The van der Waals surface area contributed by atoms with Gasteiger partial charge in [-0.05, 0) is 19.4 Å². The topological polar surface area (TPSA) is 41.9 Å². The van der Waals surface area contributed by atoms with Gasteiger partial charge in [-0.25, -0.2) is 0 Å². The van der Waals surface area contributed by atoms with Crippen LogP contribution in [0.5, 0.6) is 0 Å². The van der Waals surface area contributed by atoms with Gasteiger partial charge in [-0.3, -0.25) is 4.68 Å². The lowest BCUT2D eigenvalue weighted by atomic mass is 10.1. The van der Waals surface area contributed by atoms with E-state index < -0.39 is 0 Å². The van der Waals surface area contributed by atoms with Crippen LogP contribution < -0.4 is 10.6 Å². The van der Waals surface area contributed by atoms with Crippen molar-refractivity contribution in [2.75, 3.05) is 19.6 Å². The summed E-state index contributed by atoms with van der Waals surface area (Å²) in [6, 6.07) is 0.584. The molecule has 0 radical (unpaired) electrons. The van der Waals surface area contributed by atoms with Crippen molar-refractivity contribution in [2.45, 2.75) is 31.8 Å². The summed E-state index contributed by atoms with van der Waals surface area (Å²) in [4.78, 5) is 0. The monoisotopic (exact) mass is 206 g/mol. The van der Waals surface area contributed by atoms with E-state index in [0.29, 0.717) is 6.04 Å². The third-order valence-corrected chi connectivity index (χ3v) is 3.46. The van der Waals surface area contributed by atoms with Crippen LogP contribution in [0.25, 0.3) is 0 Å². The predicted octanol–water partition coefficient (Wildman–Crippen LogP) is 0.453. The number of piperidine rings is 1. The van der Waals surface area contributed by atoms with Crippen molar-refractivity contribution in [3.05, 3.63) is 17.5 Å². The van der Waals surface area contributed by atoms with Gasteiger partial charge in [0.2, 0.25) is 0 Å². The highest BCUT2D eigenvalue weighted by Crippen LogP contribution is 2.22. The first kappa shape index (κ1) is 9.36. The minimum Gasteiger partial charge on any atom is -0.315 e. The predicted molar refractivity (Wildman–Crippen MR) is 58.8 cm³/mol. The minimum atomic E-state index is 0.584. The van der Waals surface area contributed by atoms with Gasteiger partial charge in [0, 0.05) is 37.3 Å². The molecule has 0 spiro atoms. The van der Waals surface area contributed by atoms with E-state index in [0.717, 1.165) is 26.1 Å². The maximum absolute atomic E-state index is 4.56. The zero-order chi connectivity index (χ0) is 10.1. The molecule has 4 nitrogen and oxygen atoms in total. The Hall–Kier alpha value is -0.870. The van der Waals surface area contributed by atoms with E-state index in [1.54, 1.807) is 0 Å². The summed E-state index contributed by atoms with van der Waals surface area (Å²) >= 11 is 0. The molecule has 1 aromatic rings. The minimum absolute atomic E-state index is 0.584. The lowest BCUT2D eigenvalue weighted by molar-refractivity contribution is 0.336. The van der Waals surface area contributed by atoms with E-state index in [1.807, 2.05) is 6.20 Å². The van der Waals surface area contributed by atoms with Gasteiger partial charge in [-0.15, -0.1) is 0 Å². The number of hydrogen-bond acceptors (Lipinski definition) is 3. The molecule has 82 valence electrons.